The number of oxazole rings is 1. The van der Waals surface area contributed by atoms with Gasteiger partial charge in [-0.1, -0.05) is 0 Å². The number of aromatic nitrogens is 1. The van der Waals surface area contributed by atoms with Crippen LogP contribution in [0.2, 0.25) is 0 Å². The molecule has 0 aliphatic carbocycles. The van der Waals surface area contributed by atoms with Crippen LogP contribution in [0.25, 0.3) is 11.1 Å². The van der Waals surface area contributed by atoms with E-state index in [1.54, 1.807) is 6.92 Å². The van der Waals surface area contributed by atoms with Crippen LogP contribution in [0.4, 0.5) is 5.69 Å². The number of hydrogen-bond donors (Lipinski definition) is 2. The summed E-state index contributed by atoms with van der Waals surface area (Å²) >= 11 is 0. The van der Waals surface area contributed by atoms with E-state index in [4.69, 9.17) is 4.42 Å². The van der Waals surface area contributed by atoms with Gasteiger partial charge in [-0.15, -0.1) is 0 Å². The van der Waals surface area contributed by atoms with Gasteiger partial charge in [0.05, 0.1) is 0 Å². The molecule has 0 unspecified atom stereocenters. The summed E-state index contributed by atoms with van der Waals surface area (Å²) in [6.07, 6.45) is 0.451. The van der Waals surface area contributed by atoms with Crippen molar-refractivity contribution in [2.75, 3.05) is 18.9 Å². The molecular weight excluding hydrogens is 218 g/mol. The van der Waals surface area contributed by atoms with Gasteiger partial charge in [-0.3, -0.25) is 4.79 Å². The number of anilines is 1. The summed E-state index contributed by atoms with van der Waals surface area (Å²) in [5.41, 5.74) is 2.23. The molecule has 1 aromatic heterocycles. The summed E-state index contributed by atoms with van der Waals surface area (Å²) in [4.78, 5) is 15.7. The number of aryl methyl sites for hydroxylation is 1. The first-order valence-corrected chi connectivity index (χ1v) is 5.50. The third kappa shape index (κ3) is 2.82. The first kappa shape index (κ1) is 11.6. The molecule has 0 aliphatic heterocycles. The molecular formula is C12H15N3O2. The predicted molar refractivity (Wildman–Crippen MR) is 65.9 cm³/mol. The second-order valence-electron chi connectivity index (χ2n) is 3.82. The van der Waals surface area contributed by atoms with E-state index in [0.29, 0.717) is 18.9 Å². The van der Waals surface area contributed by atoms with E-state index in [0.717, 1.165) is 16.8 Å². The van der Waals surface area contributed by atoms with E-state index in [9.17, 15) is 4.79 Å². The number of hydrogen-bond acceptors (Lipinski definition) is 4. The molecule has 5 nitrogen and oxygen atoms in total. The Labute approximate surface area is 99.2 Å². The normalized spacial score (nSPS) is 10.7. The van der Waals surface area contributed by atoms with Crippen LogP contribution in [-0.4, -0.2) is 24.5 Å². The van der Waals surface area contributed by atoms with E-state index in [2.05, 4.69) is 15.6 Å². The van der Waals surface area contributed by atoms with E-state index in [1.165, 1.54) is 0 Å². The third-order valence-corrected chi connectivity index (χ3v) is 2.38. The zero-order valence-electron chi connectivity index (χ0n) is 9.91. The van der Waals surface area contributed by atoms with Crippen molar-refractivity contribution in [3.05, 3.63) is 24.1 Å². The van der Waals surface area contributed by atoms with Crippen molar-refractivity contribution in [3.63, 3.8) is 0 Å². The number of carbonyl (C=O) groups is 1. The fourth-order valence-corrected chi connectivity index (χ4v) is 1.58. The van der Waals surface area contributed by atoms with Gasteiger partial charge in [0.25, 0.3) is 0 Å². The van der Waals surface area contributed by atoms with Crippen molar-refractivity contribution < 1.29 is 9.21 Å². The molecule has 0 bridgehead atoms. The lowest BCUT2D eigenvalue weighted by molar-refractivity contribution is -0.116. The maximum atomic E-state index is 11.5. The number of rotatable bonds is 4. The van der Waals surface area contributed by atoms with Crippen molar-refractivity contribution in [2.24, 2.45) is 0 Å². The standard InChI is InChI=1S/C12H15N3O2/c1-8-14-10-7-9(3-4-11(10)17-8)15-12(16)5-6-13-2/h3-4,7,13H,5-6H2,1-2H3,(H,15,16). The average molecular weight is 233 g/mol. The lowest BCUT2D eigenvalue weighted by Crippen LogP contribution is -2.18. The summed E-state index contributed by atoms with van der Waals surface area (Å²) in [5, 5.41) is 5.75. The van der Waals surface area contributed by atoms with Crippen LogP contribution in [0.3, 0.4) is 0 Å². The van der Waals surface area contributed by atoms with E-state index in [1.807, 2.05) is 25.2 Å². The van der Waals surface area contributed by atoms with Gasteiger partial charge in [0.1, 0.15) is 5.52 Å². The van der Waals surface area contributed by atoms with Crippen LogP contribution in [0.15, 0.2) is 22.6 Å². The first-order chi connectivity index (χ1) is 8.19. The molecule has 0 radical (unpaired) electrons. The smallest absolute Gasteiger partial charge is 0.225 e. The summed E-state index contributed by atoms with van der Waals surface area (Å²) < 4.78 is 5.36. The second kappa shape index (κ2) is 4.97. The monoisotopic (exact) mass is 233 g/mol. The van der Waals surface area contributed by atoms with Crippen molar-refractivity contribution in [3.8, 4) is 0 Å². The topological polar surface area (TPSA) is 67.2 Å². The zero-order chi connectivity index (χ0) is 12.3. The molecule has 0 spiro atoms. The minimum Gasteiger partial charge on any atom is -0.441 e. The summed E-state index contributed by atoms with van der Waals surface area (Å²) in [6.45, 7) is 2.46. The minimum absolute atomic E-state index is 0.0149. The van der Waals surface area contributed by atoms with Crippen molar-refractivity contribution >= 4 is 22.7 Å². The molecule has 2 rings (SSSR count). The Hall–Kier alpha value is -1.88. The highest BCUT2D eigenvalue weighted by atomic mass is 16.3. The van der Waals surface area contributed by atoms with E-state index >= 15 is 0 Å². The zero-order valence-corrected chi connectivity index (χ0v) is 9.91. The van der Waals surface area contributed by atoms with Crippen LogP contribution >= 0.6 is 0 Å². The molecule has 2 aromatic rings. The number of benzene rings is 1. The molecule has 1 aromatic carbocycles. The minimum atomic E-state index is -0.0149. The maximum Gasteiger partial charge on any atom is 0.225 e. The summed E-state index contributed by atoms with van der Waals surface area (Å²) in [6, 6.07) is 5.43. The Bertz CT molecular complexity index is 534. The molecule has 90 valence electrons. The van der Waals surface area contributed by atoms with Crippen LogP contribution in [-0.2, 0) is 4.79 Å². The Kier molecular flexibility index (Phi) is 3.39. The summed E-state index contributed by atoms with van der Waals surface area (Å²) in [5.74, 6) is 0.609. The van der Waals surface area contributed by atoms with Crippen molar-refractivity contribution in [1.82, 2.24) is 10.3 Å². The largest absolute Gasteiger partial charge is 0.441 e. The number of nitrogens with one attached hydrogen (secondary N) is 2. The molecule has 17 heavy (non-hydrogen) atoms. The SMILES string of the molecule is CNCCC(=O)Nc1ccc2oc(C)nc2c1. The molecule has 0 atom stereocenters. The Morgan fingerprint density at radius 1 is 1.47 bits per heavy atom. The number of nitrogens with zero attached hydrogens (tertiary/aromatic N) is 1. The molecule has 0 fully saturated rings. The molecule has 2 N–H and O–H groups in total. The fourth-order valence-electron chi connectivity index (χ4n) is 1.58. The number of amides is 1. The third-order valence-electron chi connectivity index (χ3n) is 2.38. The van der Waals surface area contributed by atoms with Gasteiger partial charge in [-0.05, 0) is 25.2 Å². The van der Waals surface area contributed by atoms with Gasteiger partial charge in [-0.2, -0.15) is 0 Å². The van der Waals surface area contributed by atoms with E-state index in [-0.39, 0.29) is 5.91 Å². The molecule has 0 saturated heterocycles. The van der Waals surface area contributed by atoms with Gasteiger partial charge in [0.15, 0.2) is 11.5 Å². The Balaban J connectivity index is 2.10. The van der Waals surface area contributed by atoms with Gasteiger partial charge in [0.2, 0.25) is 5.91 Å². The van der Waals surface area contributed by atoms with Gasteiger partial charge in [-0.25, -0.2) is 4.98 Å². The van der Waals surface area contributed by atoms with Gasteiger partial charge < -0.3 is 15.1 Å². The van der Waals surface area contributed by atoms with Crippen molar-refractivity contribution in [1.29, 1.82) is 0 Å². The molecule has 0 aliphatic rings. The highest BCUT2D eigenvalue weighted by Gasteiger charge is 2.05. The molecule has 1 heterocycles. The summed E-state index contributed by atoms with van der Waals surface area (Å²) in [7, 11) is 1.82. The van der Waals surface area contributed by atoms with E-state index < -0.39 is 0 Å². The lowest BCUT2D eigenvalue weighted by Gasteiger charge is -2.04. The number of fused-ring (bicyclic) bond motifs is 1. The maximum absolute atomic E-state index is 11.5. The molecule has 0 saturated carbocycles. The Morgan fingerprint density at radius 2 is 2.29 bits per heavy atom. The predicted octanol–water partition coefficient (Wildman–Crippen LogP) is 1.68. The van der Waals surface area contributed by atoms with Gasteiger partial charge in [0, 0.05) is 25.6 Å². The first-order valence-electron chi connectivity index (χ1n) is 5.50. The van der Waals surface area contributed by atoms with Crippen LogP contribution in [0.5, 0.6) is 0 Å². The van der Waals surface area contributed by atoms with Crippen LogP contribution in [0.1, 0.15) is 12.3 Å². The van der Waals surface area contributed by atoms with Crippen molar-refractivity contribution in [2.45, 2.75) is 13.3 Å². The molecule has 5 heteroatoms. The number of carbonyl (C=O) groups excluding carboxylic acids is 1. The second-order valence-corrected chi connectivity index (χ2v) is 3.82. The highest BCUT2D eigenvalue weighted by molar-refractivity contribution is 5.92. The molecule has 1 amide bonds. The quantitative estimate of drug-likeness (QED) is 0.843. The Morgan fingerprint density at radius 3 is 3.06 bits per heavy atom. The average Bonchev–Trinajstić information content (AvgIpc) is 2.65. The highest BCUT2D eigenvalue weighted by Crippen LogP contribution is 2.19. The van der Waals surface area contributed by atoms with Crippen LogP contribution < -0.4 is 10.6 Å². The van der Waals surface area contributed by atoms with Crippen LogP contribution in [0, 0.1) is 6.92 Å². The lowest BCUT2D eigenvalue weighted by atomic mass is 10.2. The fraction of sp³-hybridized carbons (Fsp3) is 0.333. The van der Waals surface area contributed by atoms with Gasteiger partial charge >= 0.3 is 0 Å².